The molecule has 2 N–H and O–H groups in total. The minimum Gasteiger partial charge on any atom is -0.389 e. The van der Waals surface area contributed by atoms with Crippen molar-refractivity contribution in [2.75, 3.05) is 6.54 Å². The van der Waals surface area contributed by atoms with Crippen molar-refractivity contribution in [2.45, 2.75) is 76.9 Å². The summed E-state index contributed by atoms with van der Waals surface area (Å²) in [5, 5.41) is 14.1. The van der Waals surface area contributed by atoms with Gasteiger partial charge in [-0.05, 0) is 56.8 Å². The van der Waals surface area contributed by atoms with Gasteiger partial charge >= 0.3 is 0 Å². The molecule has 0 radical (unpaired) electrons. The van der Waals surface area contributed by atoms with E-state index in [-0.39, 0.29) is 0 Å². The van der Waals surface area contributed by atoms with Crippen molar-refractivity contribution in [3.05, 3.63) is 0 Å². The van der Waals surface area contributed by atoms with Crippen LogP contribution in [0.4, 0.5) is 0 Å². The van der Waals surface area contributed by atoms with Gasteiger partial charge in [0.15, 0.2) is 0 Å². The number of rotatable bonds is 4. The molecule has 2 nitrogen and oxygen atoms in total. The molecule has 0 amide bonds. The molecule has 17 heavy (non-hydrogen) atoms. The highest BCUT2D eigenvalue weighted by Gasteiger charge is 2.33. The van der Waals surface area contributed by atoms with Gasteiger partial charge in [-0.15, -0.1) is 0 Å². The highest BCUT2D eigenvalue weighted by molar-refractivity contribution is 4.89. The summed E-state index contributed by atoms with van der Waals surface area (Å²) in [7, 11) is 0. The highest BCUT2D eigenvalue weighted by Crippen LogP contribution is 2.32. The van der Waals surface area contributed by atoms with Crippen LogP contribution in [0.5, 0.6) is 0 Å². The van der Waals surface area contributed by atoms with Gasteiger partial charge in [0.1, 0.15) is 0 Å². The highest BCUT2D eigenvalue weighted by atomic mass is 16.3. The van der Waals surface area contributed by atoms with E-state index < -0.39 is 5.60 Å². The summed E-state index contributed by atoms with van der Waals surface area (Å²) in [6.07, 6.45) is 9.70. The van der Waals surface area contributed by atoms with Gasteiger partial charge in [-0.2, -0.15) is 0 Å². The van der Waals surface area contributed by atoms with Crippen LogP contribution in [0.3, 0.4) is 0 Å². The van der Waals surface area contributed by atoms with E-state index in [4.69, 9.17) is 0 Å². The zero-order chi connectivity index (χ0) is 12.3. The van der Waals surface area contributed by atoms with Crippen LogP contribution >= 0.6 is 0 Å². The summed E-state index contributed by atoms with van der Waals surface area (Å²) in [6.45, 7) is 5.42. The zero-order valence-corrected chi connectivity index (χ0v) is 11.5. The molecule has 2 heteroatoms. The Hall–Kier alpha value is -0.0800. The van der Waals surface area contributed by atoms with E-state index in [9.17, 15) is 5.11 Å². The van der Waals surface area contributed by atoms with Crippen molar-refractivity contribution in [1.29, 1.82) is 0 Å². The fourth-order valence-electron chi connectivity index (χ4n) is 3.44. The average Bonchev–Trinajstić information content (AvgIpc) is 2.79. The summed E-state index contributed by atoms with van der Waals surface area (Å²) in [4.78, 5) is 0. The van der Waals surface area contributed by atoms with E-state index in [0.29, 0.717) is 6.04 Å². The van der Waals surface area contributed by atoms with Crippen LogP contribution in [0.2, 0.25) is 0 Å². The zero-order valence-electron chi connectivity index (χ0n) is 11.5. The molecule has 2 rings (SSSR count). The number of hydrogen-bond acceptors (Lipinski definition) is 2. The third-order valence-corrected chi connectivity index (χ3v) is 5.04. The molecule has 2 aliphatic carbocycles. The molecule has 0 aromatic carbocycles. The Kier molecular flexibility index (Phi) is 4.48. The predicted octanol–water partition coefficient (Wildman–Crippen LogP) is 3.10. The molecule has 0 aromatic heterocycles. The average molecular weight is 239 g/mol. The van der Waals surface area contributed by atoms with E-state index in [0.717, 1.165) is 31.2 Å². The van der Waals surface area contributed by atoms with Gasteiger partial charge in [-0.3, -0.25) is 0 Å². The maximum absolute atomic E-state index is 10.5. The predicted molar refractivity (Wildman–Crippen MR) is 72.0 cm³/mol. The molecular weight excluding hydrogens is 210 g/mol. The lowest BCUT2D eigenvalue weighted by molar-refractivity contribution is -0.00810. The fourth-order valence-corrected chi connectivity index (χ4v) is 3.44. The molecule has 2 aliphatic rings. The molecule has 2 saturated carbocycles. The van der Waals surface area contributed by atoms with Crippen molar-refractivity contribution in [1.82, 2.24) is 5.32 Å². The van der Waals surface area contributed by atoms with Gasteiger partial charge in [-0.25, -0.2) is 0 Å². The summed E-state index contributed by atoms with van der Waals surface area (Å²) in [5.41, 5.74) is -0.406. The minimum absolute atomic E-state index is 0.406. The molecule has 0 bridgehead atoms. The Morgan fingerprint density at radius 3 is 2.47 bits per heavy atom. The van der Waals surface area contributed by atoms with Gasteiger partial charge in [0.2, 0.25) is 0 Å². The van der Waals surface area contributed by atoms with Crippen LogP contribution in [0.15, 0.2) is 0 Å². The lowest BCUT2D eigenvalue weighted by Gasteiger charge is -2.36. The molecular formula is C15H29NO. The van der Waals surface area contributed by atoms with E-state index in [1.807, 2.05) is 0 Å². The van der Waals surface area contributed by atoms with Crippen molar-refractivity contribution in [2.24, 2.45) is 11.8 Å². The van der Waals surface area contributed by atoms with Crippen LogP contribution in [-0.4, -0.2) is 23.3 Å². The largest absolute Gasteiger partial charge is 0.389 e. The number of nitrogens with one attached hydrogen (secondary N) is 1. The Bertz CT molecular complexity index is 233. The van der Waals surface area contributed by atoms with Crippen LogP contribution in [0, 0.1) is 11.8 Å². The van der Waals surface area contributed by atoms with Gasteiger partial charge in [0.05, 0.1) is 5.60 Å². The molecule has 0 heterocycles. The Morgan fingerprint density at radius 1 is 1.18 bits per heavy atom. The van der Waals surface area contributed by atoms with Crippen LogP contribution in [0.25, 0.3) is 0 Å². The molecule has 0 aliphatic heterocycles. The third-order valence-electron chi connectivity index (χ3n) is 5.04. The SMILES string of the molecule is CCC1CCC(NCC2(O)CCC(C)CC2)C1. The molecule has 2 atom stereocenters. The van der Waals surface area contributed by atoms with Crippen LogP contribution in [-0.2, 0) is 0 Å². The Balaban J connectivity index is 1.71. The quantitative estimate of drug-likeness (QED) is 0.790. The maximum atomic E-state index is 10.5. The maximum Gasteiger partial charge on any atom is 0.0771 e. The summed E-state index contributed by atoms with van der Waals surface area (Å²) in [6, 6.07) is 0.670. The molecule has 0 saturated heterocycles. The summed E-state index contributed by atoms with van der Waals surface area (Å²) < 4.78 is 0. The molecule has 2 unspecified atom stereocenters. The first-order valence-corrected chi connectivity index (χ1v) is 7.57. The van der Waals surface area contributed by atoms with Gasteiger partial charge in [-0.1, -0.05) is 20.3 Å². The number of hydrogen-bond donors (Lipinski definition) is 2. The van der Waals surface area contributed by atoms with Gasteiger partial charge < -0.3 is 10.4 Å². The summed E-state index contributed by atoms with van der Waals surface area (Å²) >= 11 is 0. The molecule has 100 valence electrons. The number of aliphatic hydroxyl groups is 1. The van der Waals surface area contributed by atoms with E-state index in [2.05, 4.69) is 19.2 Å². The van der Waals surface area contributed by atoms with Crippen LogP contribution in [0.1, 0.15) is 65.2 Å². The fraction of sp³-hybridized carbons (Fsp3) is 1.00. The van der Waals surface area contributed by atoms with E-state index in [1.54, 1.807) is 0 Å². The van der Waals surface area contributed by atoms with Crippen molar-refractivity contribution in [3.63, 3.8) is 0 Å². The first kappa shape index (κ1) is 13.4. The minimum atomic E-state index is -0.406. The first-order chi connectivity index (χ1) is 8.11. The lowest BCUT2D eigenvalue weighted by atomic mass is 9.79. The second-order valence-corrected chi connectivity index (χ2v) is 6.57. The second-order valence-electron chi connectivity index (χ2n) is 6.57. The third kappa shape index (κ3) is 3.69. The van der Waals surface area contributed by atoms with E-state index in [1.165, 1.54) is 38.5 Å². The van der Waals surface area contributed by atoms with Crippen molar-refractivity contribution >= 4 is 0 Å². The van der Waals surface area contributed by atoms with Gasteiger partial charge in [0.25, 0.3) is 0 Å². The molecule has 0 spiro atoms. The molecule has 0 aromatic rings. The monoisotopic (exact) mass is 239 g/mol. The lowest BCUT2D eigenvalue weighted by Crippen LogP contribution is -2.46. The van der Waals surface area contributed by atoms with Crippen molar-refractivity contribution in [3.8, 4) is 0 Å². The van der Waals surface area contributed by atoms with Gasteiger partial charge in [0, 0.05) is 12.6 Å². The van der Waals surface area contributed by atoms with Crippen molar-refractivity contribution < 1.29 is 5.11 Å². The smallest absolute Gasteiger partial charge is 0.0771 e. The van der Waals surface area contributed by atoms with E-state index >= 15 is 0 Å². The van der Waals surface area contributed by atoms with Crippen LogP contribution < -0.4 is 5.32 Å². The summed E-state index contributed by atoms with van der Waals surface area (Å²) in [5.74, 6) is 1.74. The Morgan fingerprint density at radius 2 is 1.88 bits per heavy atom. The topological polar surface area (TPSA) is 32.3 Å². The normalized spacial score (nSPS) is 42.9. The molecule has 2 fully saturated rings. The standard InChI is InChI=1S/C15H29NO/c1-3-13-4-5-14(10-13)16-11-15(17)8-6-12(2)7-9-15/h12-14,16-17H,3-11H2,1-2H3. The Labute approximate surface area is 106 Å². The first-order valence-electron chi connectivity index (χ1n) is 7.57. The second kappa shape index (κ2) is 5.71.